The first-order chi connectivity index (χ1) is 12.0. The van der Waals surface area contributed by atoms with E-state index in [1.165, 1.54) is 29.8 Å². The van der Waals surface area contributed by atoms with Crippen LogP contribution in [0.15, 0.2) is 58.4 Å². The monoisotopic (exact) mass is 339 g/mol. The van der Waals surface area contributed by atoms with Crippen molar-refractivity contribution >= 4 is 23.0 Å². The zero-order valence-electron chi connectivity index (χ0n) is 13.2. The second-order valence-electron chi connectivity index (χ2n) is 5.33. The van der Waals surface area contributed by atoms with Gasteiger partial charge in [0.05, 0.1) is 11.7 Å². The van der Waals surface area contributed by atoms with Gasteiger partial charge >= 0.3 is 0 Å². The molecular formula is C18H14FN3O3. The lowest BCUT2D eigenvalue weighted by Crippen LogP contribution is -2.30. The number of fused-ring (bicyclic) bond motifs is 1. The second-order valence-corrected chi connectivity index (χ2v) is 5.33. The van der Waals surface area contributed by atoms with E-state index in [0.29, 0.717) is 10.9 Å². The Morgan fingerprint density at radius 2 is 1.88 bits per heavy atom. The van der Waals surface area contributed by atoms with Crippen molar-refractivity contribution in [2.45, 2.75) is 0 Å². The van der Waals surface area contributed by atoms with E-state index in [0.717, 1.165) is 6.21 Å². The lowest BCUT2D eigenvalue weighted by atomic mass is 10.1. The van der Waals surface area contributed by atoms with Crippen molar-refractivity contribution in [2.24, 2.45) is 12.1 Å². The number of amides is 1. The first kappa shape index (κ1) is 16.4. The van der Waals surface area contributed by atoms with Crippen molar-refractivity contribution in [1.29, 1.82) is 0 Å². The Bertz CT molecular complexity index is 1060. The van der Waals surface area contributed by atoms with Crippen LogP contribution >= 0.6 is 0 Å². The Balaban J connectivity index is 1.95. The molecular weight excluding hydrogens is 325 g/mol. The lowest BCUT2D eigenvalue weighted by molar-refractivity contribution is 0.0950. The molecule has 0 aliphatic rings. The minimum atomic E-state index is -0.878. The zero-order chi connectivity index (χ0) is 18.0. The van der Waals surface area contributed by atoms with Crippen molar-refractivity contribution in [1.82, 2.24) is 9.99 Å². The number of para-hydroxylation sites is 1. The number of rotatable bonds is 3. The van der Waals surface area contributed by atoms with Gasteiger partial charge in [-0.3, -0.25) is 9.59 Å². The minimum Gasteiger partial charge on any atom is -0.506 e. The van der Waals surface area contributed by atoms with Gasteiger partial charge < -0.3 is 9.67 Å². The molecule has 1 aromatic heterocycles. The van der Waals surface area contributed by atoms with Gasteiger partial charge in [-0.15, -0.1) is 0 Å². The fourth-order valence-corrected chi connectivity index (χ4v) is 2.48. The first-order valence-electron chi connectivity index (χ1n) is 7.39. The third kappa shape index (κ3) is 2.99. The summed E-state index contributed by atoms with van der Waals surface area (Å²) in [5.74, 6) is -1.79. The summed E-state index contributed by atoms with van der Waals surface area (Å²) in [6, 6.07) is 12.6. The number of hydrogen-bond acceptors (Lipinski definition) is 4. The van der Waals surface area contributed by atoms with Crippen molar-refractivity contribution in [3.63, 3.8) is 0 Å². The number of hydrogen-bond donors (Lipinski definition) is 2. The summed E-state index contributed by atoms with van der Waals surface area (Å²) in [6.45, 7) is 0. The maximum atomic E-state index is 13.5. The molecule has 0 saturated heterocycles. The van der Waals surface area contributed by atoms with Crippen LogP contribution in [0.4, 0.5) is 4.39 Å². The van der Waals surface area contributed by atoms with Gasteiger partial charge in [0, 0.05) is 18.0 Å². The van der Waals surface area contributed by atoms with Crippen molar-refractivity contribution in [3.05, 3.63) is 75.8 Å². The maximum Gasteiger partial charge on any atom is 0.280 e. The van der Waals surface area contributed by atoms with Gasteiger partial charge in [0.1, 0.15) is 17.1 Å². The van der Waals surface area contributed by atoms with E-state index in [1.807, 2.05) is 0 Å². The Morgan fingerprint density at radius 3 is 2.64 bits per heavy atom. The largest absolute Gasteiger partial charge is 0.506 e. The van der Waals surface area contributed by atoms with Crippen LogP contribution in [0.2, 0.25) is 0 Å². The number of carbonyl (C=O) groups excluding carboxylic acids is 1. The molecule has 1 amide bonds. The molecule has 7 heteroatoms. The van der Waals surface area contributed by atoms with Gasteiger partial charge in [-0.25, -0.2) is 9.82 Å². The number of nitrogens with zero attached hydrogens (tertiary/aromatic N) is 2. The van der Waals surface area contributed by atoms with Gasteiger partial charge in [0.15, 0.2) is 0 Å². The number of pyridine rings is 1. The van der Waals surface area contributed by atoms with E-state index in [-0.39, 0.29) is 5.56 Å². The normalized spacial score (nSPS) is 11.1. The standard InChI is InChI=1S/C18H14FN3O3/c1-22-14-9-5-3-7-12(14)16(23)15(18(22)25)17(24)21-20-10-11-6-2-4-8-13(11)19/h2-10,23H,1H3,(H,21,24)/b20-10-. The van der Waals surface area contributed by atoms with Gasteiger partial charge in [-0.1, -0.05) is 30.3 Å². The Hall–Kier alpha value is -3.48. The number of hydrazone groups is 1. The highest BCUT2D eigenvalue weighted by molar-refractivity contribution is 6.02. The summed E-state index contributed by atoms with van der Waals surface area (Å²) in [4.78, 5) is 24.6. The number of aromatic nitrogens is 1. The van der Waals surface area contributed by atoms with Crippen LogP contribution in [0.3, 0.4) is 0 Å². The Morgan fingerprint density at radius 1 is 1.20 bits per heavy atom. The average molecular weight is 339 g/mol. The predicted molar refractivity (Wildman–Crippen MR) is 92.3 cm³/mol. The summed E-state index contributed by atoms with van der Waals surface area (Å²) in [6.07, 6.45) is 1.12. The Kier molecular flexibility index (Phi) is 4.30. The minimum absolute atomic E-state index is 0.179. The molecule has 2 aromatic carbocycles. The lowest BCUT2D eigenvalue weighted by Gasteiger charge is -2.10. The summed E-state index contributed by atoms with van der Waals surface area (Å²) < 4.78 is 14.8. The second kappa shape index (κ2) is 6.56. The summed E-state index contributed by atoms with van der Waals surface area (Å²) in [5, 5.41) is 14.3. The molecule has 0 atom stereocenters. The molecule has 0 spiro atoms. The van der Waals surface area contributed by atoms with E-state index in [2.05, 4.69) is 10.5 Å². The fourth-order valence-electron chi connectivity index (χ4n) is 2.48. The van der Waals surface area contributed by atoms with Gasteiger partial charge in [-0.05, 0) is 18.2 Å². The molecule has 0 saturated carbocycles. The van der Waals surface area contributed by atoms with Gasteiger partial charge in [0.2, 0.25) is 0 Å². The first-order valence-corrected chi connectivity index (χ1v) is 7.39. The van der Waals surface area contributed by atoms with Crippen molar-refractivity contribution in [2.75, 3.05) is 0 Å². The molecule has 3 rings (SSSR count). The third-order valence-corrected chi connectivity index (χ3v) is 3.78. The van der Waals surface area contributed by atoms with Crippen LogP contribution < -0.4 is 11.0 Å². The van der Waals surface area contributed by atoms with E-state index in [4.69, 9.17) is 0 Å². The number of halogens is 1. The smallest absolute Gasteiger partial charge is 0.280 e. The molecule has 0 fully saturated rings. The molecule has 0 aliphatic heterocycles. The summed E-state index contributed by atoms with van der Waals surface area (Å²) in [5.41, 5.74) is 1.73. The maximum absolute atomic E-state index is 13.5. The zero-order valence-corrected chi connectivity index (χ0v) is 13.2. The topological polar surface area (TPSA) is 83.7 Å². The average Bonchev–Trinajstić information content (AvgIpc) is 2.61. The quantitative estimate of drug-likeness (QED) is 0.566. The SMILES string of the molecule is Cn1c(=O)c(C(=O)N/N=C\c2ccccc2F)c(O)c2ccccc21. The van der Waals surface area contributed by atoms with Crippen LogP contribution in [0.5, 0.6) is 5.75 Å². The molecule has 0 unspecified atom stereocenters. The van der Waals surface area contributed by atoms with Gasteiger partial charge in [0.25, 0.3) is 11.5 Å². The van der Waals surface area contributed by atoms with Crippen LogP contribution in [0, 0.1) is 5.82 Å². The molecule has 2 N–H and O–H groups in total. The molecule has 3 aromatic rings. The molecule has 6 nitrogen and oxygen atoms in total. The van der Waals surface area contributed by atoms with Crippen LogP contribution in [0.1, 0.15) is 15.9 Å². The van der Waals surface area contributed by atoms with Crippen molar-refractivity contribution < 1.29 is 14.3 Å². The van der Waals surface area contributed by atoms with Crippen molar-refractivity contribution in [3.8, 4) is 5.75 Å². The highest BCUT2D eigenvalue weighted by Gasteiger charge is 2.20. The van der Waals surface area contributed by atoms with E-state index in [1.54, 1.807) is 30.3 Å². The molecule has 0 bridgehead atoms. The number of aryl methyl sites for hydroxylation is 1. The summed E-state index contributed by atoms with van der Waals surface area (Å²) >= 11 is 0. The predicted octanol–water partition coefficient (Wildman–Crippen LogP) is 2.15. The highest BCUT2D eigenvalue weighted by atomic mass is 19.1. The van der Waals surface area contributed by atoms with E-state index in [9.17, 15) is 19.1 Å². The summed E-state index contributed by atoms with van der Waals surface area (Å²) in [7, 11) is 1.50. The van der Waals surface area contributed by atoms with Crippen LogP contribution in [0.25, 0.3) is 10.9 Å². The number of aromatic hydroxyl groups is 1. The number of nitrogens with one attached hydrogen (secondary N) is 1. The third-order valence-electron chi connectivity index (χ3n) is 3.78. The Labute approximate surface area is 141 Å². The van der Waals surface area contributed by atoms with E-state index >= 15 is 0 Å². The molecule has 1 heterocycles. The molecule has 0 radical (unpaired) electrons. The fraction of sp³-hybridized carbons (Fsp3) is 0.0556. The molecule has 126 valence electrons. The van der Waals surface area contributed by atoms with Crippen LogP contribution in [-0.4, -0.2) is 21.8 Å². The number of benzene rings is 2. The van der Waals surface area contributed by atoms with E-state index < -0.39 is 28.6 Å². The molecule has 0 aliphatic carbocycles. The highest BCUT2D eigenvalue weighted by Crippen LogP contribution is 2.25. The number of carbonyl (C=O) groups is 1. The van der Waals surface area contributed by atoms with Crippen LogP contribution in [-0.2, 0) is 7.05 Å². The molecule has 25 heavy (non-hydrogen) atoms. The van der Waals surface area contributed by atoms with Gasteiger partial charge in [-0.2, -0.15) is 5.10 Å².